The monoisotopic (exact) mass is 396 g/mol. The Bertz CT molecular complexity index is 347. The van der Waals surface area contributed by atoms with Gasteiger partial charge in [-0.25, -0.2) is 0 Å². The molecule has 1 aliphatic carbocycles. The highest BCUT2D eigenvalue weighted by atomic mass is 127. The lowest BCUT2D eigenvalue weighted by Crippen LogP contribution is -2.45. The van der Waals surface area contributed by atoms with Crippen molar-refractivity contribution in [3.63, 3.8) is 0 Å². The van der Waals surface area contributed by atoms with Gasteiger partial charge < -0.3 is 20.3 Å². The van der Waals surface area contributed by atoms with Crippen LogP contribution in [0.25, 0.3) is 0 Å². The zero-order chi connectivity index (χ0) is 13.7. The third-order valence-electron chi connectivity index (χ3n) is 3.55. The van der Waals surface area contributed by atoms with Crippen molar-refractivity contribution in [2.45, 2.75) is 25.3 Å². The van der Waals surface area contributed by atoms with E-state index >= 15 is 0 Å². The van der Waals surface area contributed by atoms with E-state index in [2.05, 4.69) is 20.5 Å². The Labute approximate surface area is 137 Å². The first-order valence-electron chi connectivity index (χ1n) is 6.96. The highest BCUT2D eigenvalue weighted by Gasteiger charge is 2.26. The van der Waals surface area contributed by atoms with Gasteiger partial charge in [0.2, 0.25) is 5.91 Å². The standard InChI is InChI=1S/C13H24N4O2.HI/c1-14-13(15-7-12(18)16-11-3-4-11)17-6-5-10(8-17)9-19-2;/h10-11H,3-9H2,1-2H3,(H,14,15)(H,16,18);1H. The summed E-state index contributed by atoms with van der Waals surface area (Å²) in [4.78, 5) is 18.1. The Hall–Kier alpha value is -0.570. The number of likely N-dealkylation sites (tertiary alicyclic amines) is 1. The number of aliphatic imine (C=N–C) groups is 1. The van der Waals surface area contributed by atoms with Gasteiger partial charge in [0.1, 0.15) is 0 Å². The van der Waals surface area contributed by atoms with E-state index in [1.165, 1.54) is 0 Å². The lowest BCUT2D eigenvalue weighted by molar-refractivity contribution is -0.120. The minimum atomic E-state index is 0. The quantitative estimate of drug-likeness (QED) is 0.402. The van der Waals surface area contributed by atoms with Gasteiger partial charge in [0.15, 0.2) is 5.96 Å². The zero-order valence-corrected chi connectivity index (χ0v) is 14.6. The van der Waals surface area contributed by atoms with Gasteiger partial charge in [0.05, 0.1) is 13.2 Å². The lowest BCUT2D eigenvalue weighted by Gasteiger charge is -2.21. The van der Waals surface area contributed by atoms with Gasteiger partial charge in [-0.2, -0.15) is 0 Å². The fourth-order valence-corrected chi connectivity index (χ4v) is 2.39. The SMILES string of the molecule is CN=C(NCC(=O)NC1CC1)N1CCC(COC)C1.I. The first-order chi connectivity index (χ1) is 9.22. The van der Waals surface area contributed by atoms with Crippen LogP contribution in [0, 0.1) is 5.92 Å². The molecular weight excluding hydrogens is 371 g/mol. The maximum Gasteiger partial charge on any atom is 0.239 e. The third kappa shape index (κ3) is 5.43. The molecule has 2 rings (SSSR count). The molecule has 0 aromatic rings. The van der Waals surface area contributed by atoms with Crippen molar-refractivity contribution < 1.29 is 9.53 Å². The van der Waals surface area contributed by atoms with Crippen LogP contribution in [0.2, 0.25) is 0 Å². The second-order valence-corrected chi connectivity index (χ2v) is 5.30. The van der Waals surface area contributed by atoms with Crippen molar-refractivity contribution in [3.8, 4) is 0 Å². The van der Waals surface area contributed by atoms with E-state index in [1.54, 1.807) is 14.2 Å². The van der Waals surface area contributed by atoms with Gasteiger partial charge in [0, 0.05) is 39.2 Å². The van der Waals surface area contributed by atoms with Crippen LogP contribution in [-0.4, -0.2) is 63.2 Å². The molecule has 0 aromatic carbocycles. The van der Waals surface area contributed by atoms with E-state index in [1.807, 2.05) is 0 Å². The van der Waals surface area contributed by atoms with E-state index in [-0.39, 0.29) is 29.9 Å². The van der Waals surface area contributed by atoms with Crippen LogP contribution in [-0.2, 0) is 9.53 Å². The summed E-state index contributed by atoms with van der Waals surface area (Å²) in [5.74, 6) is 1.42. The molecule has 0 aromatic heterocycles. The van der Waals surface area contributed by atoms with Crippen LogP contribution < -0.4 is 10.6 Å². The van der Waals surface area contributed by atoms with Crippen molar-refractivity contribution in [3.05, 3.63) is 0 Å². The van der Waals surface area contributed by atoms with Crippen LogP contribution in [0.1, 0.15) is 19.3 Å². The maximum atomic E-state index is 11.6. The predicted octanol–water partition coefficient (Wildman–Crippen LogP) is 0.427. The molecule has 2 aliphatic rings. The van der Waals surface area contributed by atoms with Crippen molar-refractivity contribution in [2.24, 2.45) is 10.9 Å². The average Bonchev–Trinajstić information content (AvgIpc) is 3.08. The number of amides is 1. The summed E-state index contributed by atoms with van der Waals surface area (Å²) in [7, 11) is 3.49. The average molecular weight is 396 g/mol. The molecule has 1 heterocycles. The van der Waals surface area contributed by atoms with Crippen molar-refractivity contribution in [1.82, 2.24) is 15.5 Å². The van der Waals surface area contributed by atoms with Crippen molar-refractivity contribution in [1.29, 1.82) is 0 Å². The molecule has 1 unspecified atom stereocenters. The minimum absolute atomic E-state index is 0. The Morgan fingerprint density at radius 1 is 1.40 bits per heavy atom. The van der Waals surface area contributed by atoms with Crippen molar-refractivity contribution in [2.75, 3.05) is 40.4 Å². The number of ether oxygens (including phenoxy) is 1. The molecular formula is C13H25IN4O2. The Balaban J connectivity index is 0.00000200. The Morgan fingerprint density at radius 3 is 2.75 bits per heavy atom. The summed E-state index contributed by atoms with van der Waals surface area (Å²) in [6, 6.07) is 0.411. The van der Waals surface area contributed by atoms with Crippen LogP contribution in [0.15, 0.2) is 4.99 Å². The molecule has 1 atom stereocenters. The zero-order valence-electron chi connectivity index (χ0n) is 12.2. The fraction of sp³-hybridized carbons (Fsp3) is 0.846. The number of carbonyl (C=O) groups excluding carboxylic acids is 1. The largest absolute Gasteiger partial charge is 0.384 e. The second kappa shape index (κ2) is 8.66. The number of hydrogen-bond acceptors (Lipinski definition) is 3. The van der Waals surface area contributed by atoms with E-state index in [9.17, 15) is 4.79 Å². The number of halogens is 1. The molecule has 1 amide bonds. The van der Waals surface area contributed by atoms with Gasteiger partial charge in [-0.15, -0.1) is 24.0 Å². The van der Waals surface area contributed by atoms with E-state index in [0.717, 1.165) is 44.9 Å². The number of hydrogen-bond donors (Lipinski definition) is 2. The van der Waals surface area contributed by atoms with Crippen LogP contribution in [0.4, 0.5) is 0 Å². The van der Waals surface area contributed by atoms with Crippen molar-refractivity contribution >= 4 is 35.8 Å². The highest BCUT2D eigenvalue weighted by Crippen LogP contribution is 2.18. The molecule has 2 N–H and O–H groups in total. The number of nitrogens with zero attached hydrogens (tertiary/aromatic N) is 2. The molecule has 0 radical (unpaired) electrons. The summed E-state index contributed by atoms with van der Waals surface area (Å²) in [5.41, 5.74) is 0. The summed E-state index contributed by atoms with van der Waals surface area (Å²) < 4.78 is 5.19. The highest BCUT2D eigenvalue weighted by molar-refractivity contribution is 14.0. The van der Waals surface area contributed by atoms with E-state index < -0.39 is 0 Å². The van der Waals surface area contributed by atoms with Gasteiger partial charge in [0.25, 0.3) is 0 Å². The van der Waals surface area contributed by atoms with Crippen LogP contribution in [0.5, 0.6) is 0 Å². The molecule has 1 saturated heterocycles. The topological polar surface area (TPSA) is 66.0 Å². The number of carbonyl (C=O) groups is 1. The molecule has 1 aliphatic heterocycles. The number of nitrogens with one attached hydrogen (secondary N) is 2. The smallest absolute Gasteiger partial charge is 0.239 e. The third-order valence-corrected chi connectivity index (χ3v) is 3.55. The molecule has 1 saturated carbocycles. The summed E-state index contributed by atoms with van der Waals surface area (Å²) in [6.07, 6.45) is 3.35. The van der Waals surface area contributed by atoms with E-state index in [4.69, 9.17) is 4.74 Å². The molecule has 6 nitrogen and oxygen atoms in total. The number of rotatable bonds is 5. The molecule has 7 heteroatoms. The first-order valence-corrected chi connectivity index (χ1v) is 6.96. The minimum Gasteiger partial charge on any atom is -0.384 e. The van der Waals surface area contributed by atoms with Gasteiger partial charge >= 0.3 is 0 Å². The summed E-state index contributed by atoms with van der Waals surface area (Å²) in [5, 5.41) is 6.09. The number of methoxy groups -OCH3 is 1. The van der Waals surface area contributed by atoms with Gasteiger partial charge in [-0.1, -0.05) is 0 Å². The van der Waals surface area contributed by atoms with Gasteiger partial charge in [-0.05, 0) is 19.3 Å². The molecule has 0 bridgehead atoms. The lowest BCUT2D eigenvalue weighted by atomic mass is 10.1. The molecule has 0 spiro atoms. The maximum absolute atomic E-state index is 11.6. The fourth-order valence-electron chi connectivity index (χ4n) is 2.39. The van der Waals surface area contributed by atoms with Crippen LogP contribution in [0.3, 0.4) is 0 Å². The summed E-state index contributed by atoms with van der Waals surface area (Å²) >= 11 is 0. The van der Waals surface area contributed by atoms with Crippen LogP contribution >= 0.6 is 24.0 Å². The molecule has 20 heavy (non-hydrogen) atoms. The Kier molecular flexibility index (Phi) is 7.57. The first kappa shape index (κ1) is 17.5. The Morgan fingerprint density at radius 2 is 2.15 bits per heavy atom. The molecule has 2 fully saturated rings. The van der Waals surface area contributed by atoms with E-state index in [0.29, 0.717) is 18.5 Å². The van der Waals surface area contributed by atoms with Gasteiger partial charge in [-0.3, -0.25) is 9.79 Å². The second-order valence-electron chi connectivity index (χ2n) is 5.30. The predicted molar refractivity (Wildman–Crippen MR) is 89.5 cm³/mol. The number of guanidine groups is 1. The normalized spacial score (nSPS) is 22.4. The summed E-state index contributed by atoms with van der Waals surface area (Å²) in [6.45, 7) is 3.00. The molecule has 116 valence electrons.